The molecule has 0 atom stereocenters. The van der Waals surface area contributed by atoms with E-state index >= 15 is 0 Å². The maximum Gasteiger partial charge on any atom is 0.0287 e. The highest BCUT2D eigenvalue weighted by molar-refractivity contribution is 14.2. The van der Waals surface area contributed by atoms with E-state index < -0.39 is 0 Å². The van der Waals surface area contributed by atoms with Crippen LogP contribution in [-0.4, -0.2) is 3.51 Å². The minimum absolute atomic E-state index is 0.168. The Hall–Kier alpha value is -3.09. The molecule has 178 valence electrons. The van der Waals surface area contributed by atoms with Crippen molar-refractivity contribution in [3.8, 4) is 33.4 Å². The summed E-state index contributed by atoms with van der Waals surface area (Å²) < 4.78 is 5.13. The summed E-state index contributed by atoms with van der Waals surface area (Å²) in [6.45, 7) is 0. The molecule has 0 aliphatic carbocycles. The van der Waals surface area contributed by atoms with E-state index in [9.17, 15) is 0 Å². The number of halogens is 2. The van der Waals surface area contributed by atoms with Gasteiger partial charge in [0.2, 0.25) is 0 Å². The molecule has 0 saturated heterocycles. The summed E-state index contributed by atoms with van der Waals surface area (Å²) in [6.07, 6.45) is 4.68. The quantitative estimate of drug-likeness (QED) is 0.160. The molecule has 5 aromatic rings. The van der Waals surface area contributed by atoms with Gasteiger partial charge >= 0.3 is 0 Å². The van der Waals surface area contributed by atoms with Gasteiger partial charge in [-0.05, 0) is 107 Å². The molecule has 0 amide bonds. The lowest BCUT2D eigenvalue weighted by molar-refractivity contribution is 1.53. The zero-order valence-electron chi connectivity index (χ0n) is 20.1. The first kappa shape index (κ1) is 24.3. The number of hydrogen-bond acceptors (Lipinski definition) is 0. The van der Waals surface area contributed by atoms with Crippen molar-refractivity contribution in [2.75, 3.05) is 0 Å². The van der Waals surface area contributed by atoms with E-state index in [0.29, 0.717) is 0 Å². The van der Waals surface area contributed by atoms with Crippen LogP contribution in [0.15, 0.2) is 144 Å². The summed E-state index contributed by atoms with van der Waals surface area (Å²) in [5.74, 6) is 0. The van der Waals surface area contributed by atoms with Gasteiger partial charge in [-0.2, -0.15) is 0 Å². The molecule has 6 rings (SSSR count). The first-order valence-electron chi connectivity index (χ1n) is 12.3. The predicted octanol–water partition coefficient (Wildman–Crippen LogP) is 10.4. The normalized spacial score (nSPS) is 12.9. The first-order valence-corrected chi connectivity index (χ1v) is 15.7. The van der Waals surface area contributed by atoms with E-state index in [-0.39, 0.29) is 20.7 Å². The van der Waals surface area contributed by atoms with Gasteiger partial charge in [-0.15, -0.1) is 0 Å². The molecule has 37 heavy (non-hydrogen) atoms. The Bertz CT molecular complexity index is 1640. The summed E-state index contributed by atoms with van der Waals surface area (Å²) in [5, 5.41) is 0. The van der Waals surface area contributed by atoms with Gasteiger partial charge in [-0.25, -0.2) is 0 Å². The molecule has 5 aromatic carbocycles. The van der Waals surface area contributed by atoms with Crippen LogP contribution in [0.1, 0.15) is 11.1 Å². The van der Waals surface area contributed by atoms with Crippen LogP contribution in [0.2, 0.25) is 0 Å². The zero-order chi connectivity index (χ0) is 25.0. The molecular formula is C35H24I2. The standard InChI is InChI=1S/C35H24I2/c36-35-32(27-15-8-3-9-16-27)22-31(26-13-6-2-7-14-26)23-33(35)29-17-10-18-30(21-29)34-24-28(19-20-37-34)25-11-4-1-5-12-25/h1-24H. The molecule has 0 unspecified atom stereocenters. The Labute approximate surface area is 242 Å². The topological polar surface area (TPSA) is 0 Å². The Morgan fingerprint density at radius 3 is 1.68 bits per heavy atom. The monoisotopic (exact) mass is 698 g/mol. The largest absolute Gasteiger partial charge is 0.0849 e. The lowest BCUT2D eigenvalue weighted by Crippen LogP contribution is -1.98. The average Bonchev–Trinajstić information content (AvgIpc) is 2.99. The second-order valence-corrected chi connectivity index (χ2v) is 12.5. The minimum atomic E-state index is -0.168. The molecule has 1 aliphatic rings. The molecular weight excluding hydrogens is 674 g/mol. The molecule has 0 aromatic heterocycles. The fourth-order valence-corrected chi connectivity index (χ4v) is 7.73. The molecule has 0 N–H and O–H groups in total. The van der Waals surface area contributed by atoms with Gasteiger partial charge in [0.05, 0.1) is 0 Å². The van der Waals surface area contributed by atoms with Crippen molar-refractivity contribution in [1.29, 1.82) is 0 Å². The van der Waals surface area contributed by atoms with Crippen molar-refractivity contribution in [3.63, 3.8) is 0 Å². The first-order chi connectivity index (χ1) is 18.3. The van der Waals surface area contributed by atoms with E-state index in [1.807, 2.05) is 0 Å². The van der Waals surface area contributed by atoms with Gasteiger partial charge in [0.25, 0.3) is 0 Å². The van der Waals surface area contributed by atoms with Crippen LogP contribution in [0.5, 0.6) is 0 Å². The Morgan fingerprint density at radius 2 is 1.00 bits per heavy atom. The van der Waals surface area contributed by atoms with E-state index in [0.717, 1.165) is 0 Å². The highest BCUT2D eigenvalue weighted by Crippen LogP contribution is 2.38. The maximum atomic E-state index is 2.54. The van der Waals surface area contributed by atoms with Crippen LogP contribution in [0.3, 0.4) is 0 Å². The third-order valence-electron chi connectivity index (χ3n) is 6.53. The maximum absolute atomic E-state index is 2.54. The van der Waals surface area contributed by atoms with Crippen LogP contribution in [0.25, 0.3) is 39.0 Å². The van der Waals surface area contributed by atoms with Crippen molar-refractivity contribution in [2.24, 2.45) is 0 Å². The van der Waals surface area contributed by atoms with Crippen molar-refractivity contribution in [1.82, 2.24) is 0 Å². The Morgan fingerprint density at radius 1 is 0.459 bits per heavy atom. The molecule has 1 heterocycles. The zero-order valence-corrected chi connectivity index (χ0v) is 24.4. The summed E-state index contributed by atoms with van der Waals surface area (Å²) in [4.78, 5) is 0. The van der Waals surface area contributed by atoms with Crippen molar-refractivity contribution >= 4 is 52.4 Å². The van der Waals surface area contributed by atoms with Crippen LogP contribution < -0.4 is 0 Å². The molecule has 0 bridgehead atoms. The van der Waals surface area contributed by atoms with Crippen molar-refractivity contribution in [2.45, 2.75) is 0 Å². The molecule has 0 radical (unpaired) electrons. The third kappa shape index (κ3) is 5.32. The SMILES string of the molecule is Ic1c(-c2ccccc2)cc(-c2ccccc2)cc1-c1cccc(C2=IC=CC(c3ccccc3)=C2)c1. The van der Waals surface area contributed by atoms with Crippen LogP contribution in [0.4, 0.5) is 0 Å². The van der Waals surface area contributed by atoms with Gasteiger partial charge in [-0.1, -0.05) is 130 Å². The highest BCUT2D eigenvalue weighted by Gasteiger charge is 2.15. The van der Waals surface area contributed by atoms with Gasteiger partial charge in [0.1, 0.15) is 0 Å². The fraction of sp³-hybridized carbons (Fsp3) is 0. The van der Waals surface area contributed by atoms with E-state index in [1.54, 1.807) is 0 Å². The van der Waals surface area contributed by atoms with Gasteiger partial charge in [-0.3, -0.25) is 0 Å². The van der Waals surface area contributed by atoms with Crippen LogP contribution >= 0.6 is 43.3 Å². The van der Waals surface area contributed by atoms with E-state index in [1.165, 1.54) is 57.2 Å². The summed E-state index contributed by atoms with van der Waals surface area (Å²) in [6, 6.07) is 45.9. The molecule has 0 spiro atoms. The number of rotatable bonds is 5. The summed E-state index contributed by atoms with van der Waals surface area (Å²) in [7, 11) is 0. The number of hydrogen-bond donors (Lipinski definition) is 0. The van der Waals surface area contributed by atoms with Crippen molar-refractivity contribution < 1.29 is 0 Å². The Kier molecular flexibility index (Phi) is 7.29. The highest BCUT2D eigenvalue weighted by atomic mass is 127. The fourth-order valence-electron chi connectivity index (χ4n) is 4.63. The van der Waals surface area contributed by atoms with Gasteiger partial charge < -0.3 is 0 Å². The third-order valence-corrected chi connectivity index (χ3v) is 10.0. The molecule has 2 heteroatoms. The van der Waals surface area contributed by atoms with E-state index in [4.69, 9.17) is 0 Å². The smallest absolute Gasteiger partial charge is 0.0287 e. The van der Waals surface area contributed by atoms with Gasteiger partial charge in [0, 0.05) is 7.08 Å². The molecule has 1 aliphatic heterocycles. The van der Waals surface area contributed by atoms with E-state index in [2.05, 4.69) is 166 Å². The summed E-state index contributed by atoms with van der Waals surface area (Å²) in [5.41, 5.74) is 11.4. The molecule has 0 saturated carbocycles. The second kappa shape index (κ2) is 11.1. The molecule has 0 nitrogen and oxygen atoms in total. The van der Waals surface area contributed by atoms with Crippen LogP contribution in [0, 0.1) is 3.57 Å². The minimum Gasteiger partial charge on any atom is -0.0849 e. The Balaban J connectivity index is 1.47. The van der Waals surface area contributed by atoms with Crippen molar-refractivity contribution in [3.05, 3.63) is 158 Å². The van der Waals surface area contributed by atoms with Crippen LogP contribution in [-0.2, 0) is 0 Å². The molecule has 0 fully saturated rings. The summed E-state index contributed by atoms with van der Waals surface area (Å²) >= 11 is 2.37. The number of benzene rings is 5. The lowest BCUT2D eigenvalue weighted by atomic mass is 9.92. The predicted molar refractivity (Wildman–Crippen MR) is 177 cm³/mol. The average molecular weight is 698 g/mol. The lowest BCUT2D eigenvalue weighted by Gasteiger charge is -2.16. The number of allylic oxidation sites excluding steroid dienone is 3. The van der Waals surface area contributed by atoms with Gasteiger partial charge in [0.15, 0.2) is 0 Å². The second-order valence-electron chi connectivity index (χ2n) is 8.91.